The highest BCUT2D eigenvalue weighted by Crippen LogP contribution is 2.32. The number of carbonyl (C=O) groups excluding carboxylic acids is 2. The maximum atomic E-state index is 12.7. The van der Waals surface area contributed by atoms with E-state index in [9.17, 15) is 9.59 Å². The quantitative estimate of drug-likeness (QED) is 0.428. The number of hydrogen-bond acceptors (Lipinski definition) is 7. The molecule has 0 saturated heterocycles. The maximum Gasteiger partial charge on any atom is 0.375 e. The molecule has 3 aromatic rings. The molecule has 0 aliphatic carbocycles. The van der Waals surface area contributed by atoms with E-state index in [-0.39, 0.29) is 18.2 Å². The third-order valence-electron chi connectivity index (χ3n) is 4.21. The zero-order chi connectivity index (χ0) is 19.3. The van der Waals surface area contributed by atoms with Crippen LogP contribution >= 0.6 is 23.5 Å². The second kappa shape index (κ2) is 8.67. The van der Waals surface area contributed by atoms with Gasteiger partial charge in [-0.05, 0) is 6.07 Å². The van der Waals surface area contributed by atoms with E-state index in [0.29, 0.717) is 16.9 Å². The van der Waals surface area contributed by atoms with Gasteiger partial charge in [0.2, 0.25) is 5.76 Å². The number of ether oxygens (including phenoxy) is 1. The van der Waals surface area contributed by atoms with E-state index in [1.54, 1.807) is 47.8 Å². The normalized spacial score (nSPS) is 13.5. The lowest BCUT2D eigenvalue weighted by Gasteiger charge is -2.05. The number of furan rings is 1. The van der Waals surface area contributed by atoms with Gasteiger partial charge in [-0.15, -0.1) is 0 Å². The SMILES string of the molecule is O=C(COC(=O)c1oc2ccccc2c1CSC1=NCCS1)c1ccccc1. The molecule has 2 aromatic carbocycles. The fraction of sp³-hybridized carbons (Fsp3) is 0.190. The molecule has 28 heavy (non-hydrogen) atoms. The van der Waals surface area contributed by atoms with Crippen LogP contribution in [0.5, 0.6) is 0 Å². The van der Waals surface area contributed by atoms with Gasteiger partial charge in [-0.25, -0.2) is 4.79 Å². The Morgan fingerprint density at radius 1 is 1.11 bits per heavy atom. The number of fused-ring (bicyclic) bond motifs is 1. The number of thioether (sulfide) groups is 2. The number of carbonyl (C=O) groups is 2. The largest absolute Gasteiger partial charge is 0.451 e. The molecule has 0 bridgehead atoms. The summed E-state index contributed by atoms with van der Waals surface area (Å²) >= 11 is 3.30. The topological polar surface area (TPSA) is 68.9 Å². The summed E-state index contributed by atoms with van der Waals surface area (Å²) in [5.74, 6) is 0.818. The molecule has 0 saturated carbocycles. The fourth-order valence-corrected chi connectivity index (χ4v) is 4.88. The minimum atomic E-state index is -0.628. The van der Waals surface area contributed by atoms with Crippen molar-refractivity contribution in [1.82, 2.24) is 0 Å². The van der Waals surface area contributed by atoms with Crippen LogP contribution in [0.1, 0.15) is 26.5 Å². The highest BCUT2D eigenvalue weighted by atomic mass is 32.2. The molecule has 4 rings (SSSR count). The first kappa shape index (κ1) is 18.8. The Morgan fingerprint density at radius 2 is 1.89 bits per heavy atom. The Labute approximate surface area is 170 Å². The molecule has 0 radical (unpaired) electrons. The van der Waals surface area contributed by atoms with E-state index >= 15 is 0 Å². The molecule has 0 atom stereocenters. The van der Waals surface area contributed by atoms with Crippen molar-refractivity contribution in [3.05, 3.63) is 71.5 Å². The molecule has 0 N–H and O–H groups in total. The maximum absolute atomic E-state index is 12.7. The third-order valence-corrected chi connectivity index (χ3v) is 6.49. The average molecular weight is 412 g/mol. The number of rotatable bonds is 6. The molecule has 5 nitrogen and oxygen atoms in total. The molecule has 0 fully saturated rings. The second-order valence-electron chi connectivity index (χ2n) is 6.06. The number of para-hydroxylation sites is 1. The number of nitrogens with zero attached hydrogens (tertiary/aromatic N) is 1. The molecule has 7 heteroatoms. The van der Waals surface area contributed by atoms with Crippen LogP contribution in [0.3, 0.4) is 0 Å². The summed E-state index contributed by atoms with van der Waals surface area (Å²) in [6.45, 7) is 0.505. The second-order valence-corrected chi connectivity index (χ2v) is 8.36. The Kier molecular flexibility index (Phi) is 5.83. The van der Waals surface area contributed by atoms with Gasteiger partial charge in [-0.3, -0.25) is 9.79 Å². The van der Waals surface area contributed by atoms with Crippen LogP contribution in [0.4, 0.5) is 0 Å². The Bertz CT molecular complexity index is 1040. The number of Topliss-reactive ketones (excluding diaryl/α,β-unsaturated/α-hetero) is 1. The van der Waals surface area contributed by atoms with Crippen molar-refractivity contribution >= 4 is 50.6 Å². The Hall–Kier alpha value is -2.51. The van der Waals surface area contributed by atoms with Crippen LogP contribution in [0.25, 0.3) is 11.0 Å². The Morgan fingerprint density at radius 3 is 2.68 bits per heavy atom. The van der Waals surface area contributed by atoms with E-state index in [2.05, 4.69) is 4.99 Å². The molecule has 0 amide bonds. The molecule has 0 unspecified atom stereocenters. The third kappa shape index (κ3) is 4.15. The molecular weight excluding hydrogens is 394 g/mol. The van der Waals surface area contributed by atoms with Crippen LogP contribution in [0.2, 0.25) is 0 Å². The van der Waals surface area contributed by atoms with Crippen LogP contribution in [0.15, 0.2) is 64.0 Å². The molecule has 1 aliphatic heterocycles. The number of benzene rings is 2. The van der Waals surface area contributed by atoms with Crippen molar-refractivity contribution in [3.63, 3.8) is 0 Å². The first-order valence-electron chi connectivity index (χ1n) is 8.78. The Balaban J connectivity index is 1.52. The highest BCUT2D eigenvalue weighted by Gasteiger charge is 2.23. The minimum Gasteiger partial charge on any atom is -0.451 e. The van der Waals surface area contributed by atoms with Crippen LogP contribution < -0.4 is 0 Å². The predicted octanol–water partition coefficient (Wildman–Crippen LogP) is 4.81. The van der Waals surface area contributed by atoms with Crippen molar-refractivity contribution in [2.24, 2.45) is 4.99 Å². The summed E-state index contributed by atoms with van der Waals surface area (Å²) in [6.07, 6.45) is 0. The molecule has 1 aliphatic rings. The first-order valence-corrected chi connectivity index (χ1v) is 10.8. The van der Waals surface area contributed by atoms with E-state index in [0.717, 1.165) is 27.6 Å². The van der Waals surface area contributed by atoms with Gasteiger partial charge in [0.25, 0.3) is 0 Å². The summed E-state index contributed by atoms with van der Waals surface area (Å²) in [4.78, 5) is 29.3. The molecule has 0 spiro atoms. The van der Waals surface area contributed by atoms with Crippen LogP contribution in [0, 0.1) is 0 Å². The van der Waals surface area contributed by atoms with Crippen LogP contribution in [-0.4, -0.2) is 35.0 Å². The van der Waals surface area contributed by atoms with Crippen molar-refractivity contribution < 1.29 is 18.7 Å². The summed E-state index contributed by atoms with van der Waals surface area (Å²) in [6, 6.07) is 16.3. The van der Waals surface area contributed by atoms with Gasteiger partial charge in [-0.1, -0.05) is 72.1 Å². The van der Waals surface area contributed by atoms with Gasteiger partial charge in [-0.2, -0.15) is 0 Å². The van der Waals surface area contributed by atoms with Gasteiger partial charge in [0.15, 0.2) is 12.4 Å². The number of hydrogen-bond donors (Lipinski definition) is 0. The number of ketones is 1. The number of aliphatic imine (C=N–C) groups is 1. The molecule has 1 aromatic heterocycles. The van der Waals surface area contributed by atoms with E-state index in [1.807, 2.05) is 30.3 Å². The van der Waals surface area contributed by atoms with E-state index in [1.165, 1.54) is 0 Å². The van der Waals surface area contributed by atoms with E-state index in [4.69, 9.17) is 9.15 Å². The van der Waals surface area contributed by atoms with Crippen molar-refractivity contribution in [2.45, 2.75) is 5.75 Å². The lowest BCUT2D eigenvalue weighted by Crippen LogP contribution is -2.14. The van der Waals surface area contributed by atoms with Crippen molar-refractivity contribution in [2.75, 3.05) is 18.9 Å². The lowest BCUT2D eigenvalue weighted by molar-refractivity contribution is 0.0445. The van der Waals surface area contributed by atoms with Gasteiger partial charge >= 0.3 is 5.97 Å². The molecular formula is C21H17NO4S2. The predicted molar refractivity (Wildman–Crippen MR) is 113 cm³/mol. The van der Waals surface area contributed by atoms with Gasteiger partial charge in [0.1, 0.15) is 9.96 Å². The van der Waals surface area contributed by atoms with Crippen molar-refractivity contribution in [3.8, 4) is 0 Å². The van der Waals surface area contributed by atoms with Gasteiger partial charge in [0.05, 0.1) is 6.54 Å². The first-order chi connectivity index (χ1) is 13.7. The van der Waals surface area contributed by atoms with Gasteiger partial charge < -0.3 is 9.15 Å². The van der Waals surface area contributed by atoms with Crippen molar-refractivity contribution in [1.29, 1.82) is 0 Å². The summed E-state index contributed by atoms with van der Waals surface area (Å²) in [5.41, 5.74) is 1.90. The number of esters is 1. The standard InChI is InChI=1S/C21H17NO4S2/c23-17(14-6-2-1-3-7-14)12-25-20(24)19-16(13-28-21-22-10-11-27-21)15-8-4-5-9-18(15)26-19/h1-9H,10-13H2. The molecule has 2 heterocycles. The zero-order valence-electron chi connectivity index (χ0n) is 14.9. The lowest BCUT2D eigenvalue weighted by atomic mass is 10.1. The summed E-state index contributed by atoms with van der Waals surface area (Å²) in [5, 5.41) is 0.875. The molecule has 142 valence electrons. The van der Waals surface area contributed by atoms with Gasteiger partial charge in [0, 0.05) is 28.0 Å². The fourth-order valence-electron chi connectivity index (χ4n) is 2.85. The zero-order valence-corrected chi connectivity index (χ0v) is 16.6. The highest BCUT2D eigenvalue weighted by molar-refractivity contribution is 8.38. The van der Waals surface area contributed by atoms with Crippen LogP contribution in [-0.2, 0) is 10.5 Å². The minimum absolute atomic E-state index is 0.151. The van der Waals surface area contributed by atoms with E-state index < -0.39 is 5.97 Å². The average Bonchev–Trinajstić information content (AvgIpc) is 3.38. The monoisotopic (exact) mass is 411 g/mol. The summed E-state index contributed by atoms with van der Waals surface area (Å²) in [7, 11) is 0. The smallest absolute Gasteiger partial charge is 0.375 e. The summed E-state index contributed by atoms with van der Waals surface area (Å²) < 4.78 is 12.0.